The highest BCUT2D eigenvalue weighted by Crippen LogP contribution is 2.23. The summed E-state index contributed by atoms with van der Waals surface area (Å²) in [7, 11) is -2.21. The number of rotatable bonds is 12. The molecule has 0 aliphatic rings. The van der Waals surface area contributed by atoms with E-state index in [9.17, 15) is 18.0 Å². The lowest BCUT2D eigenvalue weighted by molar-refractivity contribution is -0.140. The number of anilines is 1. The minimum absolute atomic E-state index is 0.133. The van der Waals surface area contributed by atoms with Crippen LogP contribution in [0.5, 0.6) is 5.75 Å². The Hall–Kier alpha value is -3.07. The first kappa shape index (κ1) is 29.2. The number of amides is 2. The van der Waals surface area contributed by atoms with Crippen molar-refractivity contribution in [3.63, 3.8) is 0 Å². The standard InChI is InChI=1S/C27H39N3O5S/c1-8-25(27(32)28-16-19(2)3)29(17-22-10-9-11-24(15-22)35-6)26(31)18-30(36(7,33)34)23-13-20(4)12-21(5)14-23/h9-15,19,25H,8,16-18H2,1-7H3,(H,28,32)/t25-/m0/s1. The fourth-order valence-corrected chi connectivity index (χ4v) is 4.85. The number of aryl methyl sites for hydroxylation is 2. The Morgan fingerprint density at radius 2 is 1.69 bits per heavy atom. The molecule has 1 N–H and O–H groups in total. The monoisotopic (exact) mass is 517 g/mol. The molecule has 2 aromatic rings. The number of nitrogens with one attached hydrogen (secondary N) is 1. The maximum atomic E-state index is 13.8. The van der Waals surface area contributed by atoms with Crippen molar-refractivity contribution in [1.82, 2.24) is 10.2 Å². The molecule has 198 valence electrons. The Balaban J connectivity index is 2.47. The van der Waals surface area contributed by atoms with E-state index in [1.54, 1.807) is 31.4 Å². The van der Waals surface area contributed by atoms with Gasteiger partial charge in [0.15, 0.2) is 0 Å². The van der Waals surface area contributed by atoms with Crippen molar-refractivity contribution < 1.29 is 22.7 Å². The van der Waals surface area contributed by atoms with Gasteiger partial charge in [0.25, 0.3) is 0 Å². The summed E-state index contributed by atoms with van der Waals surface area (Å²) in [5.74, 6) is 0.151. The van der Waals surface area contributed by atoms with Crippen LogP contribution in [0.3, 0.4) is 0 Å². The van der Waals surface area contributed by atoms with E-state index >= 15 is 0 Å². The fourth-order valence-electron chi connectivity index (χ4n) is 4.02. The molecule has 0 spiro atoms. The van der Waals surface area contributed by atoms with Gasteiger partial charge in [-0.2, -0.15) is 0 Å². The van der Waals surface area contributed by atoms with E-state index in [2.05, 4.69) is 5.32 Å². The molecule has 0 saturated carbocycles. The molecule has 0 heterocycles. The predicted molar refractivity (Wildman–Crippen MR) is 144 cm³/mol. The van der Waals surface area contributed by atoms with Crippen LogP contribution in [-0.2, 0) is 26.2 Å². The Kier molecular flexibility index (Phi) is 10.3. The third-order valence-corrected chi connectivity index (χ3v) is 6.87. The van der Waals surface area contributed by atoms with Gasteiger partial charge in [0.2, 0.25) is 21.8 Å². The third kappa shape index (κ3) is 8.26. The first-order valence-electron chi connectivity index (χ1n) is 12.1. The number of hydrogen-bond donors (Lipinski definition) is 1. The largest absolute Gasteiger partial charge is 0.497 e. The van der Waals surface area contributed by atoms with Crippen molar-refractivity contribution in [3.8, 4) is 5.75 Å². The van der Waals surface area contributed by atoms with Crippen molar-refractivity contribution in [1.29, 1.82) is 0 Å². The molecule has 0 fully saturated rings. The number of benzene rings is 2. The van der Waals surface area contributed by atoms with Gasteiger partial charge in [0.1, 0.15) is 18.3 Å². The van der Waals surface area contributed by atoms with Gasteiger partial charge in [-0.15, -0.1) is 0 Å². The fraction of sp³-hybridized carbons (Fsp3) is 0.481. The van der Waals surface area contributed by atoms with E-state index in [-0.39, 0.29) is 18.4 Å². The molecule has 2 amide bonds. The highest BCUT2D eigenvalue weighted by atomic mass is 32.2. The molecule has 0 aromatic heterocycles. The van der Waals surface area contributed by atoms with Gasteiger partial charge >= 0.3 is 0 Å². The lowest BCUT2D eigenvalue weighted by Crippen LogP contribution is -2.52. The van der Waals surface area contributed by atoms with Gasteiger partial charge in [-0.25, -0.2) is 8.42 Å². The van der Waals surface area contributed by atoms with Crippen LogP contribution in [0.4, 0.5) is 5.69 Å². The minimum Gasteiger partial charge on any atom is -0.497 e. The highest BCUT2D eigenvalue weighted by molar-refractivity contribution is 7.92. The molecule has 0 aliphatic heterocycles. The smallest absolute Gasteiger partial charge is 0.244 e. The second-order valence-corrected chi connectivity index (χ2v) is 11.5. The first-order chi connectivity index (χ1) is 16.8. The Morgan fingerprint density at radius 1 is 1.06 bits per heavy atom. The number of sulfonamides is 1. The topological polar surface area (TPSA) is 96.0 Å². The van der Waals surface area contributed by atoms with E-state index < -0.39 is 28.5 Å². The van der Waals surface area contributed by atoms with Gasteiger partial charge in [0.05, 0.1) is 19.1 Å². The molecule has 0 saturated heterocycles. The lowest BCUT2D eigenvalue weighted by atomic mass is 10.1. The average molecular weight is 518 g/mol. The number of nitrogens with zero attached hydrogens (tertiary/aromatic N) is 2. The summed E-state index contributed by atoms with van der Waals surface area (Å²) in [5, 5.41) is 2.92. The number of carbonyl (C=O) groups is 2. The maximum absolute atomic E-state index is 13.8. The summed E-state index contributed by atoms with van der Waals surface area (Å²) >= 11 is 0. The van der Waals surface area contributed by atoms with Crippen LogP contribution in [0.25, 0.3) is 0 Å². The molecule has 36 heavy (non-hydrogen) atoms. The number of carbonyl (C=O) groups excluding carboxylic acids is 2. The molecular formula is C27H39N3O5S. The summed E-state index contributed by atoms with van der Waals surface area (Å²) in [6.07, 6.45) is 1.46. The second kappa shape index (κ2) is 12.8. The van der Waals surface area contributed by atoms with E-state index in [4.69, 9.17) is 4.74 Å². The molecule has 0 radical (unpaired) electrons. The van der Waals surface area contributed by atoms with Crippen molar-refractivity contribution in [2.24, 2.45) is 5.92 Å². The molecule has 2 aromatic carbocycles. The zero-order valence-corrected chi connectivity index (χ0v) is 23.2. The third-order valence-electron chi connectivity index (χ3n) is 5.73. The highest BCUT2D eigenvalue weighted by Gasteiger charge is 2.32. The molecule has 0 aliphatic carbocycles. The van der Waals surface area contributed by atoms with Crippen LogP contribution in [0.1, 0.15) is 43.9 Å². The molecule has 8 nitrogen and oxygen atoms in total. The van der Waals surface area contributed by atoms with Crippen LogP contribution >= 0.6 is 0 Å². The van der Waals surface area contributed by atoms with Gasteiger partial charge < -0.3 is 15.0 Å². The maximum Gasteiger partial charge on any atom is 0.244 e. The van der Waals surface area contributed by atoms with Crippen LogP contribution in [0.15, 0.2) is 42.5 Å². The van der Waals surface area contributed by atoms with E-state index in [1.807, 2.05) is 52.8 Å². The predicted octanol–water partition coefficient (Wildman–Crippen LogP) is 3.66. The van der Waals surface area contributed by atoms with Gasteiger partial charge in [0, 0.05) is 13.1 Å². The lowest BCUT2D eigenvalue weighted by Gasteiger charge is -2.33. The number of methoxy groups -OCH3 is 1. The minimum atomic E-state index is -3.77. The summed E-state index contributed by atoms with van der Waals surface area (Å²) in [4.78, 5) is 28.3. The van der Waals surface area contributed by atoms with Crippen molar-refractivity contribution >= 4 is 27.5 Å². The van der Waals surface area contributed by atoms with Crippen molar-refractivity contribution in [2.75, 3.05) is 30.8 Å². The summed E-state index contributed by atoms with van der Waals surface area (Å²) < 4.78 is 31.9. The molecule has 0 unspecified atom stereocenters. The molecular weight excluding hydrogens is 478 g/mol. The Morgan fingerprint density at radius 3 is 2.22 bits per heavy atom. The van der Waals surface area contributed by atoms with E-state index in [1.165, 1.54) is 4.90 Å². The molecule has 2 rings (SSSR count). The molecule has 0 bridgehead atoms. The van der Waals surface area contributed by atoms with Gasteiger partial charge in [-0.05, 0) is 67.1 Å². The van der Waals surface area contributed by atoms with Crippen molar-refractivity contribution in [2.45, 2.75) is 53.6 Å². The van der Waals surface area contributed by atoms with E-state index in [0.29, 0.717) is 24.4 Å². The number of hydrogen-bond acceptors (Lipinski definition) is 5. The second-order valence-electron chi connectivity index (χ2n) is 9.55. The summed E-state index contributed by atoms with van der Waals surface area (Å²) in [6, 6.07) is 11.9. The summed E-state index contributed by atoms with van der Waals surface area (Å²) in [5.41, 5.74) is 2.97. The normalized spacial score (nSPS) is 12.2. The van der Waals surface area contributed by atoms with Crippen LogP contribution in [0, 0.1) is 19.8 Å². The molecule has 1 atom stereocenters. The quantitative estimate of drug-likeness (QED) is 0.464. The average Bonchev–Trinajstić information content (AvgIpc) is 2.79. The summed E-state index contributed by atoms with van der Waals surface area (Å²) in [6.45, 7) is 9.77. The van der Waals surface area contributed by atoms with Gasteiger partial charge in [-0.1, -0.05) is 39.0 Å². The first-order valence-corrected chi connectivity index (χ1v) is 14.0. The zero-order chi connectivity index (χ0) is 27.0. The molecule has 9 heteroatoms. The van der Waals surface area contributed by atoms with Crippen LogP contribution in [0.2, 0.25) is 0 Å². The van der Waals surface area contributed by atoms with E-state index in [0.717, 1.165) is 27.3 Å². The number of ether oxygens (including phenoxy) is 1. The SMILES string of the molecule is CC[C@@H](C(=O)NCC(C)C)N(Cc1cccc(OC)c1)C(=O)CN(c1cc(C)cc(C)c1)S(C)(=O)=O. The Labute approximate surface area is 215 Å². The van der Waals surface area contributed by atoms with Crippen LogP contribution in [-0.4, -0.2) is 57.6 Å². The van der Waals surface area contributed by atoms with Crippen LogP contribution < -0.4 is 14.4 Å². The van der Waals surface area contributed by atoms with Gasteiger partial charge in [-0.3, -0.25) is 13.9 Å². The Bertz CT molecular complexity index is 1140. The zero-order valence-electron chi connectivity index (χ0n) is 22.4. The van der Waals surface area contributed by atoms with Crippen molar-refractivity contribution in [3.05, 3.63) is 59.2 Å².